The van der Waals surface area contributed by atoms with Gasteiger partial charge in [-0.05, 0) is 43.9 Å². The normalized spacial score (nSPS) is 28.6. The minimum Gasteiger partial charge on any atom is -0.330 e. The molecule has 3 aliphatic rings. The van der Waals surface area contributed by atoms with Crippen LogP contribution in [0.15, 0.2) is 24.3 Å². The number of nitrogens with zero attached hydrogens (tertiary/aromatic N) is 4. The summed E-state index contributed by atoms with van der Waals surface area (Å²) >= 11 is 0. The van der Waals surface area contributed by atoms with E-state index in [0.29, 0.717) is 32.5 Å². The lowest BCUT2D eigenvalue weighted by Gasteiger charge is -2.38. The molecule has 7 nitrogen and oxygen atoms in total. The first kappa shape index (κ1) is 19.8. The van der Waals surface area contributed by atoms with E-state index in [1.54, 1.807) is 11.0 Å². The summed E-state index contributed by atoms with van der Waals surface area (Å²) in [6.07, 6.45) is 2.20. The van der Waals surface area contributed by atoms with Gasteiger partial charge in [0.2, 0.25) is 11.8 Å². The molecule has 0 saturated carbocycles. The highest BCUT2D eigenvalue weighted by molar-refractivity contribution is 5.87. The fourth-order valence-electron chi connectivity index (χ4n) is 5.03. The number of carbonyl (C=O) groups excluding carboxylic acids is 2. The van der Waals surface area contributed by atoms with Crippen LogP contribution in [0.3, 0.4) is 0 Å². The van der Waals surface area contributed by atoms with Crippen molar-refractivity contribution in [3.05, 3.63) is 35.6 Å². The van der Waals surface area contributed by atoms with E-state index in [1.165, 1.54) is 12.1 Å². The molecule has 4 rings (SSSR count). The molecular formula is C21H26FN5O2. The van der Waals surface area contributed by atoms with Gasteiger partial charge in [0, 0.05) is 25.7 Å². The maximum Gasteiger partial charge on any atom is 0.241 e. The van der Waals surface area contributed by atoms with E-state index in [4.69, 9.17) is 5.73 Å². The van der Waals surface area contributed by atoms with Crippen LogP contribution in [0.5, 0.6) is 0 Å². The van der Waals surface area contributed by atoms with Gasteiger partial charge >= 0.3 is 0 Å². The molecule has 3 heterocycles. The second-order valence-electron chi connectivity index (χ2n) is 8.26. The Hall–Kier alpha value is -2.50. The number of nitrogens with two attached hydrogens (primary N) is 1. The molecule has 2 N–H and O–H groups in total. The first-order chi connectivity index (χ1) is 13.9. The number of fused-ring (bicyclic) bond motifs is 2. The van der Waals surface area contributed by atoms with Crippen LogP contribution >= 0.6 is 0 Å². The lowest BCUT2D eigenvalue weighted by atomic mass is 10.1. The molecule has 0 aromatic heterocycles. The van der Waals surface area contributed by atoms with Crippen LogP contribution in [0.25, 0.3) is 0 Å². The summed E-state index contributed by atoms with van der Waals surface area (Å²) in [6.45, 7) is 3.44. The molecule has 1 aromatic rings. The highest BCUT2D eigenvalue weighted by atomic mass is 19.1. The van der Waals surface area contributed by atoms with Gasteiger partial charge in [-0.3, -0.25) is 14.5 Å². The number of piperazine rings is 1. The zero-order valence-electron chi connectivity index (χ0n) is 16.5. The monoisotopic (exact) mass is 399 g/mol. The van der Waals surface area contributed by atoms with Crippen LogP contribution in [-0.4, -0.2) is 70.3 Å². The smallest absolute Gasteiger partial charge is 0.241 e. The predicted octanol–water partition coefficient (Wildman–Crippen LogP) is 1.01. The number of hydrogen-bond acceptors (Lipinski definition) is 5. The SMILES string of the molecule is C[C@H](c1cccc(F)c1)N1C(=O)[C@@H]2C[C@H]1CN2C[C@H](N)C(=O)N1CCC[C@H]1C#N. The Morgan fingerprint density at radius 3 is 2.93 bits per heavy atom. The Labute approximate surface area is 169 Å². The minimum absolute atomic E-state index is 0.00809. The first-order valence-corrected chi connectivity index (χ1v) is 10.2. The Morgan fingerprint density at radius 2 is 2.24 bits per heavy atom. The van der Waals surface area contributed by atoms with Gasteiger partial charge in [0.1, 0.15) is 11.9 Å². The van der Waals surface area contributed by atoms with Gasteiger partial charge in [-0.25, -0.2) is 4.39 Å². The van der Waals surface area contributed by atoms with Gasteiger partial charge in [0.05, 0.1) is 24.2 Å². The number of rotatable bonds is 5. The molecule has 3 fully saturated rings. The van der Waals surface area contributed by atoms with Gasteiger partial charge in [-0.1, -0.05) is 12.1 Å². The molecule has 5 atom stereocenters. The van der Waals surface area contributed by atoms with E-state index in [9.17, 15) is 19.2 Å². The van der Waals surface area contributed by atoms with Gasteiger partial charge < -0.3 is 15.5 Å². The molecule has 3 aliphatic heterocycles. The highest BCUT2D eigenvalue weighted by Crippen LogP contribution is 2.38. The number of nitriles is 1. The van der Waals surface area contributed by atoms with Crippen LogP contribution in [0, 0.1) is 17.1 Å². The van der Waals surface area contributed by atoms with E-state index < -0.39 is 12.1 Å². The Bertz CT molecular complexity index is 856. The molecular weight excluding hydrogens is 373 g/mol. The maximum atomic E-state index is 13.6. The van der Waals surface area contributed by atoms with Crippen molar-refractivity contribution in [3.8, 4) is 6.07 Å². The molecule has 2 bridgehead atoms. The third kappa shape index (κ3) is 3.49. The molecule has 0 spiro atoms. The van der Waals surface area contributed by atoms with Crippen LogP contribution in [0.2, 0.25) is 0 Å². The van der Waals surface area contributed by atoms with Gasteiger partial charge in [-0.15, -0.1) is 0 Å². The number of carbonyl (C=O) groups is 2. The van der Waals surface area contributed by atoms with Crippen LogP contribution in [-0.2, 0) is 9.59 Å². The third-order valence-electron chi connectivity index (χ3n) is 6.50. The van der Waals surface area contributed by atoms with Crippen molar-refractivity contribution in [1.82, 2.24) is 14.7 Å². The molecule has 154 valence electrons. The number of halogens is 1. The van der Waals surface area contributed by atoms with E-state index in [-0.39, 0.29) is 35.8 Å². The van der Waals surface area contributed by atoms with E-state index in [2.05, 4.69) is 6.07 Å². The fourth-order valence-corrected chi connectivity index (χ4v) is 5.03. The molecule has 29 heavy (non-hydrogen) atoms. The van der Waals surface area contributed by atoms with E-state index in [0.717, 1.165) is 12.0 Å². The minimum atomic E-state index is -0.745. The summed E-state index contributed by atoms with van der Waals surface area (Å²) in [5.74, 6) is -0.516. The standard InChI is InChI=1S/C21H26FN5O2/c1-13(14-4-2-5-15(22)8-14)27-17-9-19(21(27)29)25(11-17)12-18(24)20(28)26-7-3-6-16(26)10-23/h2,4-5,8,13,16-19H,3,6-7,9,11-12,24H2,1H3/t13-,16+,17+,18+,19+/m1/s1. The average Bonchev–Trinajstić information content (AvgIpc) is 3.41. The van der Waals surface area contributed by atoms with Gasteiger partial charge in [0.15, 0.2) is 0 Å². The van der Waals surface area contributed by atoms with Crippen molar-refractivity contribution in [3.63, 3.8) is 0 Å². The summed E-state index contributed by atoms with van der Waals surface area (Å²) < 4.78 is 13.6. The van der Waals surface area contributed by atoms with Crippen LogP contribution < -0.4 is 5.73 Å². The summed E-state index contributed by atoms with van der Waals surface area (Å²) in [5, 5.41) is 9.20. The van der Waals surface area contributed by atoms with E-state index >= 15 is 0 Å². The second kappa shape index (κ2) is 7.73. The Morgan fingerprint density at radius 1 is 1.45 bits per heavy atom. The van der Waals surface area contributed by atoms with Crippen LogP contribution in [0.1, 0.15) is 37.8 Å². The Kier molecular flexibility index (Phi) is 5.28. The lowest BCUT2D eigenvalue weighted by Crippen LogP contribution is -2.56. The lowest BCUT2D eigenvalue weighted by molar-refractivity contribution is -0.141. The summed E-state index contributed by atoms with van der Waals surface area (Å²) in [5.41, 5.74) is 6.94. The topological polar surface area (TPSA) is 93.7 Å². The molecule has 3 saturated heterocycles. The molecule has 8 heteroatoms. The van der Waals surface area contributed by atoms with Crippen molar-refractivity contribution < 1.29 is 14.0 Å². The zero-order valence-corrected chi connectivity index (χ0v) is 16.5. The largest absolute Gasteiger partial charge is 0.330 e. The third-order valence-corrected chi connectivity index (χ3v) is 6.50. The van der Waals surface area contributed by atoms with Crippen LogP contribution in [0.4, 0.5) is 4.39 Å². The molecule has 0 radical (unpaired) electrons. The van der Waals surface area contributed by atoms with Crippen molar-refractivity contribution in [2.24, 2.45) is 5.73 Å². The van der Waals surface area contributed by atoms with Crippen molar-refractivity contribution in [2.75, 3.05) is 19.6 Å². The van der Waals surface area contributed by atoms with Gasteiger partial charge in [-0.2, -0.15) is 5.26 Å². The molecule has 1 aromatic carbocycles. The number of benzene rings is 1. The predicted molar refractivity (Wildman–Crippen MR) is 104 cm³/mol. The van der Waals surface area contributed by atoms with Crippen molar-refractivity contribution in [2.45, 2.75) is 56.4 Å². The molecule has 2 amide bonds. The fraction of sp³-hybridized carbons (Fsp3) is 0.571. The molecule has 0 aliphatic carbocycles. The Balaban J connectivity index is 1.40. The van der Waals surface area contributed by atoms with Crippen molar-refractivity contribution in [1.29, 1.82) is 5.26 Å². The first-order valence-electron chi connectivity index (χ1n) is 10.2. The van der Waals surface area contributed by atoms with Crippen molar-refractivity contribution >= 4 is 11.8 Å². The number of amides is 2. The zero-order chi connectivity index (χ0) is 20.7. The number of hydrogen-bond donors (Lipinski definition) is 1. The van der Waals surface area contributed by atoms with E-state index in [1.807, 2.05) is 22.8 Å². The summed E-state index contributed by atoms with van der Waals surface area (Å²) in [6, 6.07) is 6.92. The second-order valence-corrected chi connectivity index (χ2v) is 8.26. The summed E-state index contributed by atoms with van der Waals surface area (Å²) in [4.78, 5) is 31.1. The molecule has 0 unspecified atom stereocenters. The average molecular weight is 399 g/mol. The summed E-state index contributed by atoms with van der Waals surface area (Å²) in [7, 11) is 0. The number of likely N-dealkylation sites (tertiary alicyclic amines) is 3. The van der Waals surface area contributed by atoms with Gasteiger partial charge in [0.25, 0.3) is 0 Å². The maximum absolute atomic E-state index is 13.6. The quantitative estimate of drug-likeness (QED) is 0.798. The highest BCUT2D eigenvalue weighted by Gasteiger charge is 2.51.